The van der Waals surface area contributed by atoms with Crippen LogP contribution in [0.1, 0.15) is 10.4 Å². The normalized spacial score (nSPS) is 8.87. The van der Waals surface area contributed by atoms with Crippen molar-refractivity contribution in [2.24, 2.45) is 0 Å². The first-order valence-electron chi connectivity index (χ1n) is 3.60. The standard InChI is InChI=1S/C8H7NO5.Na/c1-14-8(11)5-2-3-7(10)6(4-5)9(12)13;/h2-4,10H,1H3;/q;+1/p-1. The molecule has 15 heavy (non-hydrogen) atoms. The van der Waals surface area contributed by atoms with Gasteiger partial charge in [0.2, 0.25) is 0 Å². The van der Waals surface area contributed by atoms with Crippen molar-refractivity contribution in [1.82, 2.24) is 0 Å². The summed E-state index contributed by atoms with van der Waals surface area (Å²) >= 11 is 0. The number of nitro benzene ring substituents is 1. The van der Waals surface area contributed by atoms with Crippen LogP contribution in [-0.2, 0) is 4.74 Å². The monoisotopic (exact) mass is 219 g/mol. The number of carbonyl (C=O) groups is 1. The maximum atomic E-state index is 11.0. The molecule has 0 spiro atoms. The van der Waals surface area contributed by atoms with E-state index >= 15 is 0 Å². The number of carbonyl (C=O) groups excluding carboxylic acids is 1. The van der Waals surface area contributed by atoms with Crippen molar-refractivity contribution in [3.8, 4) is 5.75 Å². The Kier molecular flexibility index (Phi) is 5.27. The molecular formula is C8H6NNaO5. The molecule has 0 saturated heterocycles. The van der Waals surface area contributed by atoms with Crippen molar-refractivity contribution in [2.45, 2.75) is 0 Å². The second-order valence-corrected chi connectivity index (χ2v) is 2.43. The van der Waals surface area contributed by atoms with E-state index < -0.39 is 22.3 Å². The van der Waals surface area contributed by atoms with E-state index in [0.29, 0.717) is 0 Å². The Morgan fingerprint density at radius 1 is 1.47 bits per heavy atom. The van der Waals surface area contributed by atoms with Crippen LogP contribution in [0, 0.1) is 10.1 Å². The van der Waals surface area contributed by atoms with E-state index in [4.69, 9.17) is 0 Å². The Balaban J connectivity index is 0.00000196. The number of ether oxygens (including phenoxy) is 1. The molecule has 0 aliphatic rings. The predicted molar refractivity (Wildman–Crippen MR) is 43.9 cm³/mol. The van der Waals surface area contributed by atoms with E-state index in [-0.39, 0.29) is 35.1 Å². The first-order valence-corrected chi connectivity index (χ1v) is 3.60. The summed E-state index contributed by atoms with van der Waals surface area (Å²) in [6.07, 6.45) is 0. The summed E-state index contributed by atoms with van der Waals surface area (Å²) in [6.45, 7) is 0. The van der Waals surface area contributed by atoms with Gasteiger partial charge in [-0.25, -0.2) is 4.79 Å². The molecule has 7 heteroatoms. The third kappa shape index (κ3) is 3.19. The largest absolute Gasteiger partial charge is 1.00 e. The van der Waals surface area contributed by atoms with Gasteiger partial charge in [-0.05, 0) is 11.8 Å². The van der Waals surface area contributed by atoms with E-state index in [9.17, 15) is 20.0 Å². The maximum absolute atomic E-state index is 11.0. The molecule has 0 N–H and O–H groups in total. The SMILES string of the molecule is COC(=O)c1ccc([O-])c([N+](=O)[O-])c1.[Na+]. The fraction of sp³-hybridized carbons (Fsp3) is 0.125. The van der Waals surface area contributed by atoms with E-state index in [0.717, 1.165) is 19.2 Å². The Hall–Kier alpha value is -1.11. The Morgan fingerprint density at radius 3 is 2.53 bits per heavy atom. The van der Waals surface area contributed by atoms with Gasteiger partial charge in [-0.15, -0.1) is 0 Å². The molecule has 0 aliphatic carbocycles. The number of rotatable bonds is 2. The van der Waals surface area contributed by atoms with Crippen LogP contribution in [-0.4, -0.2) is 18.0 Å². The third-order valence-electron chi connectivity index (χ3n) is 1.58. The van der Waals surface area contributed by atoms with Gasteiger partial charge in [-0.1, -0.05) is 6.07 Å². The summed E-state index contributed by atoms with van der Waals surface area (Å²) in [4.78, 5) is 20.5. The Morgan fingerprint density at radius 2 is 2.07 bits per heavy atom. The molecule has 0 bridgehead atoms. The van der Waals surface area contributed by atoms with Gasteiger partial charge in [0.1, 0.15) is 0 Å². The molecule has 1 aromatic rings. The first kappa shape index (κ1) is 13.9. The topological polar surface area (TPSA) is 92.5 Å². The summed E-state index contributed by atoms with van der Waals surface area (Å²) < 4.78 is 4.35. The third-order valence-corrected chi connectivity index (χ3v) is 1.58. The molecular weight excluding hydrogens is 213 g/mol. The quantitative estimate of drug-likeness (QED) is 0.236. The molecule has 0 fully saturated rings. The van der Waals surface area contributed by atoms with Crippen LogP contribution in [0.5, 0.6) is 5.75 Å². The fourth-order valence-electron chi connectivity index (χ4n) is 0.905. The van der Waals surface area contributed by atoms with E-state index in [2.05, 4.69) is 4.74 Å². The van der Waals surface area contributed by atoms with Crippen molar-refractivity contribution < 1.29 is 49.1 Å². The molecule has 0 unspecified atom stereocenters. The molecule has 1 rings (SSSR count). The number of nitro groups is 1. The van der Waals surface area contributed by atoms with Gasteiger partial charge in [-0.2, -0.15) is 0 Å². The van der Waals surface area contributed by atoms with E-state index in [1.165, 1.54) is 6.07 Å². The van der Waals surface area contributed by atoms with Gasteiger partial charge in [0.25, 0.3) is 5.69 Å². The predicted octanol–water partition coefficient (Wildman–Crippen LogP) is -2.54. The smallest absolute Gasteiger partial charge is 0.868 e. The second kappa shape index (κ2) is 5.69. The van der Waals surface area contributed by atoms with Crippen molar-refractivity contribution in [3.05, 3.63) is 33.9 Å². The van der Waals surface area contributed by atoms with Crippen molar-refractivity contribution in [2.75, 3.05) is 7.11 Å². The van der Waals surface area contributed by atoms with Crippen LogP contribution in [0.3, 0.4) is 0 Å². The molecule has 0 heterocycles. The summed E-state index contributed by atoms with van der Waals surface area (Å²) in [5.41, 5.74) is -0.647. The zero-order chi connectivity index (χ0) is 10.7. The average Bonchev–Trinajstić information content (AvgIpc) is 2.17. The van der Waals surface area contributed by atoms with Crippen LogP contribution in [0.2, 0.25) is 0 Å². The molecule has 0 aromatic heterocycles. The van der Waals surface area contributed by atoms with E-state index in [1.807, 2.05) is 0 Å². The number of nitrogens with zero attached hydrogens (tertiary/aromatic N) is 1. The second-order valence-electron chi connectivity index (χ2n) is 2.43. The van der Waals surface area contributed by atoms with Crippen LogP contribution in [0.25, 0.3) is 0 Å². The van der Waals surface area contributed by atoms with Crippen LogP contribution >= 0.6 is 0 Å². The average molecular weight is 219 g/mol. The van der Waals surface area contributed by atoms with Gasteiger partial charge in [-0.3, -0.25) is 10.1 Å². The number of benzene rings is 1. The number of esters is 1. The minimum absolute atomic E-state index is 0. The fourth-order valence-corrected chi connectivity index (χ4v) is 0.905. The van der Waals surface area contributed by atoms with Gasteiger partial charge in [0.15, 0.2) is 0 Å². The maximum Gasteiger partial charge on any atom is 1.00 e. The zero-order valence-corrected chi connectivity index (χ0v) is 10.2. The van der Waals surface area contributed by atoms with Crippen LogP contribution in [0.15, 0.2) is 18.2 Å². The van der Waals surface area contributed by atoms with Gasteiger partial charge in [0.05, 0.1) is 17.6 Å². The molecule has 0 radical (unpaired) electrons. The molecule has 0 atom stereocenters. The van der Waals surface area contributed by atoms with Gasteiger partial charge in [0, 0.05) is 6.07 Å². The molecule has 0 aliphatic heterocycles. The molecule has 74 valence electrons. The summed E-state index contributed by atoms with van der Waals surface area (Å²) in [7, 11) is 1.15. The van der Waals surface area contributed by atoms with Gasteiger partial charge >= 0.3 is 35.5 Å². The minimum Gasteiger partial charge on any atom is -0.868 e. The Labute approximate surface area is 107 Å². The molecule has 0 saturated carbocycles. The zero-order valence-electron chi connectivity index (χ0n) is 8.22. The number of hydrogen-bond acceptors (Lipinski definition) is 5. The molecule has 6 nitrogen and oxygen atoms in total. The number of hydrogen-bond donors (Lipinski definition) is 0. The van der Waals surface area contributed by atoms with Crippen molar-refractivity contribution >= 4 is 11.7 Å². The molecule has 1 aromatic carbocycles. The van der Waals surface area contributed by atoms with Gasteiger partial charge < -0.3 is 9.84 Å². The number of methoxy groups -OCH3 is 1. The summed E-state index contributed by atoms with van der Waals surface area (Å²) in [5, 5.41) is 21.3. The van der Waals surface area contributed by atoms with Crippen LogP contribution in [0.4, 0.5) is 5.69 Å². The Bertz CT molecular complexity index is 393. The van der Waals surface area contributed by atoms with Crippen molar-refractivity contribution in [1.29, 1.82) is 0 Å². The molecule has 0 amide bonds. The summed E-state index contributed by atoms with van der Waals surface area (Å²) in [6, 6.07) is 3.04. The van der Waals surface area contributed by atoms with Crippen LogP contribution < -0.4 is 34.7 Å². The minimum atomic E-state index is -0.839. The first-order chi connectivity index (χ1) is 6.56. The van der Waals surface area contributed by atoms with E-state index in [1.54, 1.807) is 0 Å². The van der Waals surface area contributed by atoms with Crippen molar-refractivity contribution in [3.63, 3.8) is 0 Å². The summed E-state index contributed by atoms with van der Waals surface area (Å²) in [5.74, 6) is -1.45.